The van der Waals surface area contributed by atoms with Crippen LogP contribution in [-0.4, -0.2) is 38.5 Å². The minimum Gasteiger partial charge on any atom is -0.486 e. The van der Waals surface area contributed by atoms with Crippen molar-refractivity contribution in [1.29, 1.82) is 0 Å². The van der Waals surface area contributed by atoms with Crippen molar-refractivity contribution >= 4 is 17.7 Å². The third-order valence-electron chi connectivity index (χ3n) is 5.53. The molecule has 0 N–H and O–H groups in total. The predicted octanol–water partition coefficient (Wildman–Crippen LogP) is 4.99. The van der Waals surface area contributed by atoms with Crippen LogP contribution in [0.3, 0.4) is 0 Å². The van der Waals surface area contributed by atoms with Gasteiger partial charge < -0.3 is 14.2 Å². The SMILES string of the molecule is CCc1cc(CCCc2ccc(C(=O)OC)c(C(=O)OC)c2)ccc1OCC(=O)C(C)(C)C. The van der Waals surface area contributed by atoms with E-state index in [1.165, 1.54) is 19.8 Å². The summed E-state index contributed by atoms with van der Waals surface area (Å²) in [5.41, 5.74) is 3.18. The average Bonchev–Trinajstić information content (AvgIpc) is 2.81. The lowest BCUT2D eigenvalue weighted by molar-refractivity contribution is -0.128. The van der Waals surface area contributed by atoms with Crippen molar-refractivity contribution in [2.45, 2.75) is 53.4 Å². The number of benzene rings is 2. The van der Waals surface area contributed by atoms with E-state index in [0.717, 1.165) is 42.6 Å². The Morgan fingerprint density at radius 1 is 0.818 bits per heavy atom. The molecule has 0 saturated carbocycles. The molecule has 0 aromatic heterocycles. The number of Topliss-reactive ketones (excluding diaryl/α,β-unsaturated/α-hetero) is 1. The Hall–Kier alpha value is -3.15. The zero-order valence-electron chi connectivity index (χ0n) is 20.4. The van der Waals surface area contributed by atoms with Crippen LogP contribution in [0.25, 0.3) is 0 Å². The van der Waals surface area contributed by atoms with Gasteiger partial charge in [0.15, 0.2) is 5.78 Å². The van der Waals surface area contributed by atoms with Crippen molar-refractivity contribution < 1.29 is 28.6 Å². The van der Waals surface area contributed by atoms with E-state index in [4.69, 9.17) is 14.2 Å². The number of ether oxygens (including phenoxy) is 3. The molecule has 0 heterocycles. The standard InChI is InChI=1S/C27H34O6/c1-7-20-15-18(12-14-23(20)33-17-24(28)27(2,3)4)9-8-10-19-11-13-21(25(29)31-5)22(16-19)26(30)32-6/h11-16H,7-10,17H2,1-6H3. The van der Waals surface area contributed by atoms with Gasteiger partial charge in [-0.25, -0.2) is 9.59 Å². The van der Waals surface area contributed by atoms with E-state index in [0.29, 0.717) is 0 Å². The molecule has 0 aliphatic rings. The maximum atomic E-state index is 12.2. The number of ketones is 1. The third-order valence-corrected chi connectivity index (χ3v) is 5.53. The molecule has 0 saturated heterocycles. The Balaban J connectivity index is 2.04. The highest BCUT2D eigenvalue weighted by Crippen LogP contribution is 2.24. The number of rotatable bonds is 10. The normalized spacial score (nSPS) is 11.1. The number of aryl methyl sites for hydroxylation is 3. The fourth-order valence-electron chi connectivity index (χ4n) is 3.38. The quantitative estimate of drug-likeness (QED) is 0.471. The maximum absolute atomic E-state index is 12.2. The predicted molar refractivity (Wildman–Crippen MR) is 127 cm³/mol. The second-order valence-electron chi connectivity index (χ2n) is 8.97. The first-order valence-electron chi connectivity index (χ1n) is 11.2. The average molecular weight is 455 g/mol. The summed E-state index contributed by atoms with van der Waals surface area (Å²) < 4.78 is 15.4. The van der Waals surface area contributed by atoms with Crippen molar-refractivity contribution in [2.24, 2.45) is 5.41 Å². The van der Waals surface area contributed by atoms with Gasteiger partial charge in [-0.2, -0.15) is 0 Å². The highest BCUT2D eigenvalue weighted by molar-refractivity contribution is 6.03. The summed E-state index contributed by atoms with van der Waals surface area (Å²) in [5, 5.41) is 0. The van der Waals surface area contributed by atoms with E-state index in [1.54, 1.807) is 12.1 Å². The van der Waals surface area contributed by atoms with Crippen LogP contribution in [0.5, 0.6) is 5.75 Å². The van der Waals surface area contributed by atoms with Crippen LogP contribution in [0.2, 0.25) is 0 Å². The highest BCUT2D eigenvalue weighted by atomic mass is 16.5. The Morgan fingerprint density at radius 3 is 1.97 bits per heavy atom. The Kier molecular flexibility index (Phi) is 9.21. The summed E-state index contributed by atoms with van der Waals surface area (Å²) in [4.78, 5) is 36.2. The molecule has 2 rings (SSSR count). The van der Waals surface area contributed by atoms with Crippen molar-refractivity contribution in [3.8, 4) is 5.75 Å². The van der Waals surface area contributed by atoms with Gasteiger partial charge in [0.05, 0.1) is 25.3 Å². The molecular formula is C27H34O6. The minimum atomic E-state index is -0.569. The first-order chi connectivity index (χ1) is 15.6. The van der Waals surface area contributed by atoms with Gasteiger partial charge in [0, 0.05) is 5.41 Å². The monoisotopic (exact) mass is 454 g/mol. The Bertz CT molecular complexity index is 1000. The minimum absolute atomic E-state index is 0.0678. The molecule has 0 radical (unpaired) electrons. The molecule has 0 fully saturated rings. The first-order valence-corrected chi connectivity index (χ1v) is 11.2. The van der Waals surface area contributed by atoms with Crippen molar-refractivity contribution in [1.82, 2.24) is 0 Å². The van der Waals surface area contributed by atoms with Crippen molar-refractivity contribution in [3.05, 3.63) is 64.2 Å². The van der Waals surface area contributed by atoms with Crippen LogP contribution < -0.4 is 4.74 Å². The van der Waals surface area contributed by atoms with Crippen LogP contribution in [0.15, 0.2) is 36.4 Å². The third kappa shape index (κ3) is 7.17. The molecule has 178 valence electrons. The largest absolute Gasteiger partial charge is 0.486 e. The first kappa shape index (κ1) is 26.1. The Labute approximate surface area is 196 Å². The summed E-state index contributed by atoms with van der Waals surface area (Å²) in [5.74, 6) is -0.316. The molecule has 2 aromatic rings. The topological polar surface area (TPSA) is 78.9 Å². The number of carbonyl (C=O) groups excluding carboxylic acids is 3. The number of hydrogen-bond acceptors (Lipinski definition) is 6. The zero-order valence-corrected chi connectivity index (χ0v) is 20.4. The molecule has 0 atom stereocenters. The summed E-state index contributed by atoms with van der Waals surface area (Å²) in [7, 11) is 2.56. The number of hydrogen-bond donors (Lipinski definition) is 0. The number of esters is 2. The van der Waals surface area contributed by atoms with Crippen LogP contribution >= 0.6 is 0 Å². The molecule has 0 amide bonds. The molecule has 0 bridgehead atoms. The lowest BCUT2D eigenvalue weighted by atomic mass is 9.91. The van der Waals surface area contributed by atoms with E-state index in [-0.39, 0.29) is 23.5 Å². The zero-order chi connectivity index (χ0) is 24.6. The van der Waals surface area contributed by atoms with E-state index < -0.39 is 17.4 Å². The number of carbonyl (C=O) groups is 3. The van der Waals surface area contributed by atoms with Gasteiger partial charge in [-0.15, -0.1) is 0 Å². The molecule has 0 aliphatic carbocycles. The van der Waals surface area contributed by atoms with Crippen LogP contribution in [0.1, 0.15) is 71.5 Å². The summed E-state index contributed by atoms with van der Waals surface area (Å²) in [6, 6.07) is 11.2. The fraction of sp³-hybridized carbons (Fsp3) is 0.444. The molecule has 2 aromatic carbocycles. The van der Waals surface area contributed by atoms with Gasteiger partial charge in [-0.05, 0) is 60.6 Å². The van der Waals surface area contributed by atoms with Crippen molar-refractivity contribution in [2.75, 3.05) is 20.8 Å². The summed E-state index contributed by atoms with van der Waals surface area (Å²) in [6.07, 6.45) is 3.26. The second kappa shape index (κ2) is 11.6. The molecule has 6 nitrogen and oxygen atoms in total. The molecule has 33 heavy (non-hydrogen) atoms. The van der Waals surface area contributed by atoms with Crippen LogP contribution in [0.4, 0.5) is 0 Å². The highest BCUT2D eigenvalue weighted by Gasteiger charge is 2.22. The smallest absolute Gasteiger partial charge is 0.338 e. The van der Waals surface area contributed by atoms with Gasteiger partial charge in [-0.3, -0.25) is 4.79 Å². The lowest BCUT2D eigenvalue weighted by Gasteiger charge is -2.18. The van der Waals surface area contributed by atoms with Gasteiger partial charge in [0.25, 0.3) is 0 Å². The Morgan fingerprint density at radius 2 is 1.39 bits per heavy atom. The van der Waals surface area contributed by atoms with Gasteiger partial charge in [-0.1, -0.05) is 45.9 Å². The van der Waals surface area contributed by atoms with Gasteiger partial charge in [0.1, 0.15) is 12.4 Å². The maximum Gasteiger partial charge on any atom is 0.338 e. The van der Waals surface area contributed by atoms with Crippen LogP contribution in [-0.2, 0) is 33.5 Å². The van der Waals surface area contributed by atoms with E-state index in [1.807, 2.05) is 39.0 Å². The van der Waals surface area contributed by atoms with Crippen molar-refractivity contribution in [3.63, 3.8) is 0 Å². The fourth-order valence-corrected chi connectivity index (χ4v) is 3.38. The molecule has 6 heteroatoms. The molecule has 0 spiro atoms. The van der Waals surface area contributed by atoms with E-state index in [2.05, 4.69) is 13.0 Å². The molecule has 0 aliphatic heterocycles. The summed E-state index contributed by atoms with van der Waals surface area (Å²) >= 11 is 0. The van der Waals surface area contributed by atoms with Gasteiger partial charge >= 0.3 is 11.9 Å². The lowest BCUT2D eigenvalue weighted by Crippen LogP contribution is -2.26. The summed E-state index contributed by atoms with van der Waals surface area (Å²) in [6.45, 7) is 7.80. The number of methoxy groups -OCH3 is 2. The van der Waals surface area contributed by atoms with Crippen LogP contribution in [0, 0.1) is 5.41 Å². The second-order valence-corrected chi connectivity index (χ2v) is 8.97. The van der Waals surface area contributed by atoms with Gasteiger partial charge in [0.2, 0.25) is 0 Å². The molecular weight excluding hydrogens is 420 g/mol. The van der Waals surface area contributed by atoms with E-state index >= 15 is 0 Å². The molecule has 0 unspecified atom stereocenters. The van der Waals surface area contributed by atoms with E-state index in [9.17, 15) is 14.4 Å².